The lowest BCUT2D eigenvalue weighted by atomic mass is 10.0. The first-order valence-electron chi connectivity index (χ1n) is 8.52. The van der Waals surface area contributed by atoms with E-state index in [-0.39, 0.29) is 0 Å². The standard InChI is InChI=1S/C18H30N2O/c1-3-19-17(15-20-13-9-5-6-10-14-20)16-11-7-8-12-18(16)21-4-2/h7-8,11-12,17,19H,3-6,9-10,13-15H2,1-2H3. The SMILES string of the molecule is CCNC(CN1CCCCCC1)c1ccccc1OCC. The van der Waals surface area contributed by atoms with Gasteiger partial charge in [-0.2, -0.15) is 0 Å². The van der Waals surface area contributed by atoms with Crippen molar-refractivity contribution >= 4 is 0 Å². The zero-order valence-corrected chi connectivity index (χ0v) is 13.6. The average molecular weight is 290 g/mol. The molecule has 0 bridgehead atoms. The van der Waals surface area contributed by atoms with Crippen LogP contribution in [0.3, 0.4) is 0 Å². The van der Waals surface area contributed by atoms with Crippen molar-refractivity contribution in [3.63, 3.8) is 0 Å². The van der Waals surface area contributed by atoms with E-state index in [9.17, 15) is 0 Å². The van der Waals surface area contributed by atoms with E-state index in [0.717, 1.165) is 25.4 Å². The lowest BCUT2D eigenvalue weighted by Crippen LogP contribution is -2.36. The summed E-state index contributed by atoms with van der Waals surface area (Å²) in [4.78, 5) is 2.61. The zero-order valence-electron chi connectivity index (χ0n) is 13.6. The van der Waals surface area contributed by atoms with E-state index >= 15 is 0 Å². The molecule has 0 aliphatic carbocycles. The molecule has 1 aliphatic rings. The molecule has 21 heavy (non-hydrogen) atoms. The normalized spacial score (nSPS) is 18.2. The summed E-state index contributed by atoms with van der Waals surface area (Å²) in [5.41, 5.74) is 1.30. The Bertz CT molecular complexity index is 400. The highest BCUT2D eigenvalue weighted by atomic mass is 16.5. The van der Waals surface area contributed by atoms with Crippen LogP contribution in [-0.2, 0) is 0 Å². The van der Waals surface area contributed by atoms with Gasteiger partial charge in [-0.1, -0.05) is 38.0 Å². The largest absolute Gasteiger partial charge is 0.494 e. The van der Waals surface area contributed by atoms with Crippen LogP contribution in [0.2, 0.25) is 0 Å². The highest BCUT2D eigenvalue weighted by Gasteiger charge is 2.19. The van der Waals surface area contributed by atoms with Crippen LogP contribution in [0.5, 0.6) is 5.75 Å². The van der Waals surface area contributed by atoms with E-state index in [1.165, 1.54) is 44.3 Å². The molecule has 0 spiro atoms. The summed E-state index contributed by atoms with van der Waals surface area (Å²) in [5.74, 6) is 1.03. The number of hydrogen-bond donors (Lipinski definition) is 1. The predicted octanol–water partition coefficient (Wildman–Crippen LogP) is 3.61. The van der Waals surface area contributed by atoms with Crippen LogP contribution in [0, 0.1) is 0 Å². The molecule has 118 valence electrons. The van der Waals surface area contributed by atoms with Gasteiger partial charge in [-0.05, 0) is 45.5 Å². The van der Waals surface area contributed by atoms with Crippen molar-refractivity contribution in [2.24, 2.45) is 0 Å². The number of para-hydroxylation sites is 1. The third-order valence-corrected chi connectivity index (χ3v) is 4.18. The Hall–Kier alpha value is -1.06. The Morgan fingerprint density at radius 1 is 1.10 bits per heavy atom. The number of hydrogen-bond acceptors (Lipinski definition) is 3. The molecule has 1 N–H and O–H groups in total. The Morgan fingerprint density at radius 3 is 2.48 bits per heavy atom. The quantitative estimate of drug-likeness (QED) is 0.830. The fourth-order valence-corrected chi connectivity index (χ4v) is 3.15. The maximum absolute atomic E-state index is 5.82. The number of likely N-dealkylation sites (N-methyl/N-ethyl adjacent to an activating group) is 1. The molecule has 1 heterocycles. The fourth-order valence-electron chi connectivity index (χ4n) is 3.15. The molecule has 0 radical (unpaired) electrons. The first-order valence-corrected chi connectivity index (χ1v) is 8.52. The molecule has 1 aromatic rings. The molecule has 0 amide bonds. The summed E-state index contributed by atoms with van der Waals surface area (Å²) >= 11 is 0. The van der Waals surface area contributed by atoms with Crippen molar-refractivity contribution in [3.05, 3.63) is 29.8 Å². The van der Waals surface area contributed by atoms with Gasteiger partial charge in [-0.15, -0.1) is 0 Å². The van der Waals surface area contributed by atoms with Gasteiger partial charge in [0.25, 0.3) is 0 Å². The second-order valence-corrected chi connectivity index (χ2v) is 5.80. The molecule has 1 fully saturated rings. The second kappa shape index (κ2) is 9.06. The van der Waals surface area contributed by atoms with Crippen LogP contribution in [0.1, 0.15) is 51.1 Å². The number of rotatable bonds is 7. The van der Waals surface area contributed by atoms with Crippen molar-refractivity contribution in [2.45, 2.75) is 45.6 Å². The Balaban J connectivity index is 2.10. The van der Waals surface area contributed by atoms with Crippen LogP contribution < -0.4 is 10.1 Å². The van der Waals surface area contributed by atoms with Crippen LogP contribution in [0.4, 0.5) is 0 Å². The average Bonchev–Trinajstić information content (AvgIpc) is 2.76. The lowest BCUT2D eigenvalue weighted by molar-refractivity contribution is 0.247. The summed E-state index contributed by atoms with van der Waals surface area (Å²) in [6.07, 6.45) is 5.45. The minimum absolute atomic E-state index is 0.357. The number of likely N-dealkylation sites (tertiary alicyclic amines) is 1. The molecular weight excluding hydrogens is 260 g/mol. The van der Waals surface area contributed by atoms with E-state index in [1.54, 1.807) is 0 Å². The summed E-state index contributed by atoms with van der Waals surface area (Å²) in [6, 6.07) is 8.83. The fraction of sp³-hybridized carbons (Fsp3) is 0.667. The van der Waals surface area contributed by atoms with Gasteiger partial charge in [0.2, 0.25) is 0 Å². The van der Waals surface area contributed by atoms with E-state index in [4.69, 9.17) is 4.74 Å². The van der Waals surface area contributed by atoms with Crippen molar-refractivity contribution in [1.82, 2.24) is 10.2 Å². The number of nitrogens with one attached hydrogen (secondary N) is 1. The van der Waals surface area contributed by atoms with Crippen molar-refractivity contribution in [1.29, 1.82) is 0 Å². The monoisotopic (exact) mass is 290 g/mol. The number of ether oxygens (including phenoxy) is 1. The molecule has 1 saturated heterocycles. The highest BCUT2D eigenvalue weighted by molar-refractivity contribution is 5.36. The topological polar surface area (TPSA) is 24.5 Å². The van der Waals surface area contributed by atoms with Crippen LogP contribution >= 0.6 is 0 Å². The molecule has 1 atom stereocenters. The Labute approximate surface area is 129 Å². The summed E-state index contributed by atoms with van der Waals surface area (Å²) in [5, 5.41) is 3.64. The third-order valence-electron chi connectivity index (χ3n) is 4.18. The van der Waals surface area contributed by atoms with Crippen molar-refractivity contribution in [3.8, 4) is 5.75 Å². The molecule has 1 unspecified atom stereocenters. The van der Waals surface area contributed by atoms with Gasteiger partial charge in [0.05, 0.1) is 6.61 Å². The Morgan fingerprint density at radius 2 is 1.81 bits per heavy atom. The molecule has 3 heteroatoms. The number of nitrogens with zero attached hydrogens (tertiary/aromatic N) is 1. The minimum atomic E-state index is 0.357. The molecule has 1 aliphatic heterocycles. The zero-order chi connectivity index (χ0) is 14.9. The molecule has 2 rings (SSSR count). The highest BCUT2D eigenvalue weighted by Crippen LogP contribution is 2.26. The van der Waals surface area contributed by atoms with Crippen LogP contribution in [0.25, 0.3) is 0 Å². The predicted molar refractivity (Wildman–Crippen MR) is 88.9 cm³/mol. The van der Waals surface area contributed by atoms with Crippen LogP contribution in [0.15, 0.2) is 24.3 Å². The van der Waals surface area contributed by atoms with Gasteiger partial charge < -0.3 is 15.0 Å². The molecule has 1 aromatic carbocycles. The van der Waals surface area contributed by atoms with Crippen LogP contribution in [-0.4, -0.2) is 37.7 Å². The minimum Gasteiger partial charge on any atom is -0.494 e. The van der Waals surface area contributed by atoms with Crippen molar-refractivity contribution < 1.29 is 4.74 Å². The summed E-state index contributed by atoms with van der Waals surface area (Å²) in [7, 11) is 0. The molecule has 3 nitrogen and oxygen atoms in total. The van der Waals surface area contributed by atoms with Gasteiger partial charge in [0.15, 0.2) is 0 Å². The summed E-state index contributed by atoms with van der Waals surface area (Å²) in [6.45, 7) is 9.49. The first-order chi connectivity index (χ1) is 10.3. The van der Waals surface area contributed by atoms with Gasteiger partial charge in [0, 0.05) is 18.2 Å². The number of benzene rings is 1. The molecular formula is C18H30N2O. The first kappa shape index (κ1) is 16.3. The van der Waals surface area contributed by atoms with E-state index in [1.807, 2.05) is 6.92 Å². The van der Waals surface area contributed by atoms with E-state index in [2.05, 4.69) is 41.4 Å². The maximum atomic E-state index is 5.82. The smallest absolute Gasteiger partial charge is 0.124 e. The lowest BCUT2D eigenvalue weighted by Gasteiger charge is -2.28. The molecule has 0 saturated carbocycles. The van der Waals surface area contributed by atoms with Crippen molar-refractivity contribution in [2.75, 3.05) is 32.8 Å². The maximum Gasteiger partial charge on any atom is 0.124 e. The van der Waals surface area contributed by atoms with Gasteiger partial charge in [-0.25, -0.2) is 0 Å². The van der Waals surface area contributed by atoms with Gasteiger partial charge >= 0.3 is 0 Å². The van der Waals surface area contributed by atoms with Gasteiger partial charge in [-0.3, -0.25) is 0 Å². The second-order valence-electron chi connectivity index (χ2n) is 5.80. The third kappa shape index (κ3) is 5.01. The Kier molecular flexibility index (Phi) is 7.04. The van der Waals surface area contributed by atoms with E-state index in [0.29, 0.717) is 6.04 Å². The van der Waals surface area contributed by atoms with Gasteiger partial charge in [0.1, 0.15) is 5.75 Å². The molecule has 0 aromatic heterocycles. The van der Waals surface area contributed by atoms with E-state index < -0.39 is 0 Å². The summed E-state index contributed by atoms with van der Waals surface area (Å²) < 4.78 is 5.82.